The molecule has 1 aliphatic heterocycles. The van der Waals surface area contributed by atoms with E-state index >= 15 is 0 Å². The van der Waals surface area contributed by atoms with Crippen LogP contribution in [0, 0.1) is 6.92 Å². The number of aromatic nitrogens is 4. The Morgan fingerprint density at radius 3 is 2.81 bits per heavy atom. The minimum Gasteiger partial charge on any atom is -0.478 e. The van der Waals surface area contributed by atoms with Gasteiger partial charge >= 0.3 is 5.97 Å². The fourth-order valence-corrected chi connectivity index (χ4v) is 3.63. The first-order valence-electron chi connectivity index (χ1n) is 8.43. The third-order valence-corrected chi connectivity index (χ3v) is 5.17. The predicted octanol–water partition coefficient (Wildman–Crippen LogP) is 3.29. The van der Waals surface area contributed by atoms with Gasteiger partial charge < -0.3 is 9.84 Å². The molecule has 3 heterocycles. The van der Waals surface area contributed by atoms with Gasteiger partial charge in [-0.25, -0.2) is 19.4 Å². The number of carboxylic acid groups (broad SMARTS) is 1. The van der Waals surface area contributed by atoms with E-state index in [1.165, 1.54) is 0 Å². The Kier molecular flexibility index (Phi) is 4.52. The third kappa shape index (κ3) is 3.25. The van der Waals surface area contributed by atoms with Gasteiger partial charge in [-0.05, 0) is 38.0 Å². The number of hydrogen-bond donors (Lipinski definition) is 1. The molecule has 0 saturated carbocycles. The molecule has 0 bridgehead atoms. The average Bonchev–Trinajstić information content (AvgIpc) is 3.29. The summed E-state index contributed by atoms with van der Waals surface area (Å²) >= 11 is 1.55. The lowest BCUT2D eigenvalue weighted by atomic mass is 10.00. The molecule has 7 nitrogen and oxygen atoms in total. The van der Waals surface area contributed by atoms with Crippen LogP contribution in [0.4, 0.5) is 0 Å². The molecule has 1 saturated heterocycles. The maximum absolute atomic E-state index is 11.3. The topological polar surface area (TPSA) is 90.1 Å². The van der Waals surface area contributed by atoms with Crippen molar-refractivity contribution in [1.82, 2.24) is 19.7 Å². The highest BCUT2D eigenvalue weighted by Gasteiger charge is 2.24. The molecular weight excluding hydrogens is 352 g/mol. The molecule has 1 aliphatic rings. The van der Waals surface area contributed by atoms with Gasteiger partial charge in [-0.3, -0.25) is 0 Å². The van der Waals surface area contributed by atoms with Crippen LogP contribution in [0.25, 0.3) is 17.2 Å². The molecule has 0 spiro atoms. The van der Waals surface area contributed by atoms with Crippen LogP contribution in [0.2, 0.25) is 0 Å². The molecule has 134 valence electrons. The Hall–Kier alpha value is -2.58. The van der Waals surface area contributed by atoms with E-state index in [-0.39, 0.29) is 11.5 Å². The molecule has 3 aromatic rings. The lowest BCUT2D eigenvalue weighted by Gasteiger charge is -2.18. The van der Waals surface area contributed by atoms with Gasteiger partial charge in [0.1, 0.15) is 5.69 Å². The molecule has 0 unspecified atom stereocenters. The van der Waals surface area contributed by atoms with Crippen LogP contribution in [-0.4, -0.2) is 44.0 Å². The largest absolute Gasteiger partial charge is 0.478 e. The van der Waals surface area contributed by atoms with Crippen molar-refractivity contribution in [3.8, 4) is 17.2 Å². The molecule has 0 atom stereocenters. The lowest BCUT2D eigenvalue weighted by molar-refractivity contribution is 0.0696. The fourth-order valence-electron chi connectivity index (χ4n) is 3.04. The zero-order valence-electron chi connectivity index (χ0n) is 14.3. The summed E-state index contributed by atoms with van der Waals surface area (Å²) in [5, 5.41) is 16.9. The third-order valence-electron chi connectivity index (χ3n) is 4.40. The van der Waals surface area contributed by atoms with Crippen molar-refractivity contribution >= 4 is 17.3 Å². The maximum atomic E-state index is 11.3. The number of ether oxygens (including phenoxy) is 1. The minimum atomic E-state index is -0.970. The van der Waals surface area contributed by atoms with Crippen molar-refractivity contribution < 1.29 is 14.6 Å². The van der Waals surface area contributed by atoms with E-state index in [0.717, 1.165) is 29.4 Å². The van der Waals surface area contributed by atoms with Crippen molar-refractivity contribution in [2.45, 2.75) is 25.7 Å². The Morgan fingerprint density at radius 2 is 2.12 bits per heavy atom. The fraction of sp³-hybridized carbons (Fsp3) is 0.333. The van der Waals surface area contributed by atoms with E-state index in [1.807, 2.05) is 18.4 Å². The number of aromatic carboxylic acids is 1. The second-order valence-corrected chi connectivity index (χ2v) is 7.26. The van der Waals surface area contributed by atoms with E-state index in [2.05, 4.69) is 4.98 Å². The number of hydrogen-bond acceptors (Lipinski definition) is 6. The molecule has 1 aromatic carbocycles. The smallest absolute Gasteiger partial charge is 0.335 e. The van der Waals surface area contributed by atoms with Gasteiger partial charge in [0.2, 0.25) is 0 Å². The monoisotopic (exact) mass is 370 g/mol. The Bertz CT molecular complexity index is 944. The normalized spacial score (nSPS) is 15.3. The van der Waals surface area contributed by atoms with E-state index < -0.39 is 5.97 Å². The van der Waals surface area contributed by atoms with E-state index in [9.17, 15) is 9.90 Å². The summed E-state index contributed by atoms with van der Waals surface area (Å²) < 4.78 is 7.13. The quantitative estimate of drug-likeness (QED) is 0.758. The molecule has 2 aromatic heterocycles. The van der Waals surface area contributed by atoms with Gasteiger partial charge in [-0.15, -0.1) is 11.3 Å². The molecule has 1 fully saturated rings. The second-order valence-electron chi connectivity index (χ2n) is 6.20. The lowest BCUT2D eigenvalue weighted by Crippen LogP contribution is -2.15. The zero-order valence-corrected chi connectivity index (χ0v) is 15.1. The van der Waals surface area contributed by atoms with Gasteiger partial charge in [0, 0.05) is 24.5 Å². The van der Waals surface area contributed by atoms with E-state index in [1.54, 1.807) is 34.2 Å². The van der Waals surface area contributed by atoms with Crippen LogP contribution in [0.3, 0.4) is 0 Å². The highest BCUT2D eigenvalue weighted by atomic mass is 32.1. The number of nitrogens with zero attached hydrogens (tertiary/aromatic N) is 4. The number of rotatable bonds is 4. The van der Waals surface area contributed by atoms with E-state index in [4.69, 9.17) is 14.8 Å². The Balaban J connectivity index is 1.82. The number of carbonyl (C=O) groups is 1. The molecule has 0 amide bonds. The first-order valence-corrected chi connectivity index (χ1v) is 9.31. The Morgan fingerprint density at radius 1 is 1.31 bits per heavy atom. The van der Waals surface area contributed by atoms with Crippen molar-refractivity contribution in [2.75, 3.05) is 13.2 Å². The average molecular weight is 370 g/mol. The standard InChI is InChI=1S/C18H18N4O3S/c1-11-19-15(10-26-11)17-20-16(12-5-7-25-8-6-12)21-22(17)14-4-2-3-13(9-14)18(23)24/h2-4,9-10,12H,5-8H2,1H3,(H,23,24). The number of aryl methyl sites for hydroxylation is 1. The summed E-state index contributed by atoms with van der Waals surface area (Å²) in [4.78, 5) is 20.6. The molecule has 4 rings (SSSR count). The maximum Gasteiger partial charge on any atom is 0.335 e. The summed E-state index contributed by atoms with van der Waals surface area (Å²) in [6.45, 7) is 3.36. The first kappa shape index (κ1) is 16.9. The van der Waals surface area contributed by atoms with Crippen molar-refractivity contribution in [1.29, 1.82) is 0 Å². The van der Waals surface area contributed by atoms with Gasteiger partial charge in [0.25, 0.3) is 0 Å². The van der Waals surface area contributed by atoms with Gasteiger partial charge in [0.05, 0.1) is 16.3 Å². The first-order chi connectivity index (χ1) is 12.6. The number of thiazole rings is 1. The molecule has 8 heteroatoms. The summed E-state index contributed by atoms with van der Waals surface area (Å²) in [5.74, 6) is 0.668. The van der Waals surface area contributed by atoms with E-state index in [0.29, 0.717) is 24.7 Å². The van der Waals surface area contributed by atoms with Crippen molar-refractivity contribution in [3.63, 3.8) is 0 Å². The second kappa shape index (κ2) is 6.97. The van der Waals surface area contributed by atoms with Gasteiger partial charge in [-0.1, -0.05) is 6.07 Å². The van der Waals surface area contributed by atoms with Gasteiger partial charge in [-0.2, -0.15) is 5.10 Å². The molecule has 26 heavy (non-hydrogen) atoms. The summed E-state index contributed by atoms with van der Waals surface area (Å²) in [7, 11) is 0. The summed E-state index contributed by atoms with van der Waals surface area (Å²) in [6, 6.07) is 6.71. The summed E-state index contributed by atoms with van der Waals surface area (Å²) in [6.07, 6.45) is 1.77. The van der Waals surface area contributed by atoms with Crippen molar-refractivity contribution in [2.24, 2.45) is 0 Å². The summed E-state index contributed by atoms with van der Waals surface area (Å²) in [5.41, 5.74) is 1.63. The van der Waals surface area contributed by atoms with Crippen LogP contribution in [-0.2, 0) is 4.74 Å². The van der Waals surface area contributed by atoms with Crippen LogP contribution >= 0.6 is 11.3 Å². The number of carboxylic acids is 1. The SMILES string of the molecule is Cc1nc(-c2nc(C3CCOCC3)nn2-c2cccc(C(=O)O)c2)cs1. The Labute approximate surface area is 154 Å². The van der Waals surface area contributed by atoms with Gasteiger partial charge in [0.15, 0.2) is 11.6 Å². The van der Waals surface area contributed by atoms with Crippen LogP contribution in [0.1, 0.15) is 39.9 Å². The number of benzene rings is 1. The van der Waals surface area contributed by atoms with Crippen LogP contribution in [0.5, 0.6) is 0 Å². The highest BCUT2D eigenvalue weighted by molar-refractivity contribution is 7.09. The molecule has 1 N–H and O–H groups in total. The highest BCUT2D eigenvalue weighted by Crippen LogP contribution is 2.29. The zero-order chi connectivity index (χ0) is 18.1. The van der Waals surface area contributed by atoms with Crippen LogP contribution in [0.15, 0.2) is 29.6 Å². The molecular formula is C18H18N4O3S. The molecule has 0 radical (unpaired) electrons. The van der Waals surface area contributed by atoms with Crippen molar-refractivity contribution in [3.05, 3.63) is 46.0 Å². The van der Waals surface area contributed by atoms with Crippen LogP contribution < -0.4 is 0 Å². The molecule has 0 aliphatic carbocycles. The minimum absolute atomic E-state index is 0.214. The predicted molar refractivity (Wildman–Crippen MR) is 97.0 cm³/mol.